The molecule has 3 aromatic rings. The van der Waals surface area contributed by atoms with E-state index in [1.54, 1.807) is 13.0 Å². The van der Waals surface area contributed by atoms with Gasteiger partial charge in [0.05, 0.1) is 11.6 Å². The summed E-state index contributed by atoms with van der Waals surface area (Å²) in [6, 6.07) is 27.5. The maximum atomic E-state index is 11.2. The van der Waals surface area contributed by atoms with E-state index in [0.717, 1.165) is 28.5 Å². The van der Waals surface area contributed by atoms with Crippen LogP contribution in [0.4, 0.5) is 0 Å². The number of hydrogen-bond acceptors (Lipinski definition) is 3. The van der Waals surface area contributed by atoms with Gasteiger partial charge in [0, 0.05) is 6.04 Å². The van der Waals surface area contributed by atoms with Crippen LogP contribution in [0.15, 0.2) is 78.9 Å². The number of allylic oxidation sites excluding steroid dienone is 1. The number of nitrogens with zero attached hydrogens (tertiary/aromatic N) is 1. The van der Waals surface area contributed by atoms with Crippen molar-refractivity contribution in [1.82, 2.24) is 0 Å². The molecule has 3 aromatic carbocycles. The quantitative estimate of drug-likeness (QED) is 0.239. The molecule has 0 aromatic heterocycles. The van der Waals surface area contributed by atoms with Crippen molar-refractivity contribution in [2.75, 3.05) is 0 Å². The first-order valence-electron chi connectivity index (χ1n) is 11.8. The molecule has 0 aliphatic heterocycles. The zero-order chi connectivity index (χ0) is 24.7. The normalized spacial score (nSPS) is 11.7. The second-order valence-electron chi connectivity index (χ2n) is 9.41. The lowest BCUT2D eigenvalue weighted by Crippen LogP contribution is -2.50. The topological polar surface area (TPSA) is 50.1 Å². The van der Waals surface area contributed by atoms with Crippen LogP contribution in [0.5, 0.6) is 5.75 Å². The largest absolute Gasteiger partial charge is 0.543 e. The minimum Gasteiger partial charge on any atom is -0.543 e. The Bertz CT molecular complexity index is 1180. The molecule has 0 amide bonds. The summed E-state index contributed by atoms with van der Waals surface area (Å²) in [6.45, 7) is 10.6. The zero-order valence-electron chi connectivity index (χ0n) is 20.7. The predicted octanol–water partition coefficient (Wildman–Crippen LogP) is 7.75. The third-order valence-electron chi connectivity index (χ3n) is 6.45. The number of hydrogen-bond donors (Lipinski definition) is 0. The van der Waals surface area contributed by atoms with Gasteiger partial charge in [-0.05, 0) is 64.5 Å². The molecule has 34 heavy (non-hydrogen) atoms. The van der Waals surface area contributed by atoms with E-state index in [9.17, 15) is 10.1 Å². The molecule has 3 rings (SSSR count). The number of rotatable bonds is 9. The Morgan fingerprint density at radius 3 is 2.12 bits per heavy atom. The number of carbonyl (C=O) groups excluding carboxylic acids is 1. The number of carbonyl (C=O) groups is 1. The number of ketones is 1. The van der Waals surface area contributed by atoms with Crippen molar-refractivity contribution in [2.45, 2.75) is 51.7 Å². The van der Waals surface area contributed by atoms with E-state index < -0.39 is 8.32 Å². The van der Waals surface area contributed by atoms with E-state index in [1.807, 2.05) is 54.6 Å². The summed E-state index contributed by atoms with van der Waals surface area (Å²) in [5.41, 5.74) is 5.78. The van der Waals surface area contributed by atoms with Crippen molar-refractivity contribution in [1.29, 1.82) is 5.26 Å². The molecule has 0 fully saturated rings. The fourth-order valence-corrected chi connectivity index (χ4v) is 8.52. The minimum atomic E-state index is -2.22. The highest BCUT2D eigenvalue weighted by molar-refractivity contribution is 6.76. The van der Waals surface area contributed by atoms with E-state index >= 15 is 0 Å². The van der Waals surface area contributed by atoms with E-state index in [-0.39, 0.29) is 5.78 Å². The van der Waals surface area contributed by atoms with Crippen LogP contribution in [-0.4, -0.2) is 14.1 Å². The smallest absolute Gasteiger partial charge is 0.260 e. The Hall–Kier alpha value is -3.42. The fraction of sp³-hybridized carbons (Fsp3) is 0.267. The molecule has 0 spiro atoms. The van der Waals surface area contributed by atoms with Crippen molar-refractivity contribution < 1.29 is 9.22 Å². The summed E-state index contributed by atoms with van der Waals surface area (Å²) in [7, 11) is -2.22. The standard InChI is InChI=1S/C30H33NO2Si/c1-22(2)34(23(3)4,33-29-18-14-25(15-19-29)11-10-24(5)32)21-26-12-16-27(17-13-26)30-9-7-6-8-28(30)20-31/h6-19,22-23H,21H2,1-5H3/b11-10+. The van der Waals surface area contributed by atoms with Crippen molar-refractivity contribution in [3.63, 3.8) is 0 Å². The van der Waals surface area contributed by atoms with Gasteiger partial charge >= 0.3 is 0 Å². The monoisotopic (exact) mass is 467 g/mol. The average Bonchev–Trinajstić information content (AvgIpc) is 2.83. The highest BCUT2D eigenvalue weighted by Gasteiger charge is 2.44. The molecule has 0 atom stereocenters. The lowest BCUT2D eigenvalue weighted by Gasteiger charge is -2.39. The molecule has 0 unspecified atom stereocenters. The van der Waals surface area contributed by atoms with Crippen LogP contribution in [-0.2, 0) is 10.8 Å². The second kappa shape index (κ2) is 11.1. The number of benzene rings is 3. The van der Waals surface area contributed by atoms with E-state index in [0.29, 0.717) is 16.6 Å². The Kier molecular flexibility index (Phi) is 8.25. The summed E-state index contributed by atoms with van der Waals surface area (Å²) in [4.78, 5) is 11.2. The van der Waals surface area contributed by atoms with Crippen LogP contribution in [0, 0.1) is 11.3 Å². The van der Waals surface area contributed by atoms with E-state index in [1.165, 1.54) is 5.56 Å². The third kappa shape index (κ3) is 5.92. The molecule has 3 nitrogen and oxygen atoms in total. The molecule has 0 aliphatic carbocycles. The molecular formula is C30H33NO2Si. The first-order valence-corrected chi connectivity index (χ1v) is 14.1. The van der Waals surface area contributed by atoms with Gasteiger partial charge in [0.1, 0.15) is 5.75 Å². The maximum Gasteiger partial charge on any atom is 0.260 e. The van der Waals surface area contributed by atoms with Gasteiger partial charge in [0.25, 0.3) is 8.32 Å². The Morgan fingerprint density at radius 2 is 1.56 bits per heavy atom. The van der Waals surface area contributed by atoms with E-state index in [2.05, 4.69) is 58.0 Å². The summed E-state index contributed by atoms with van der Waals surface area (Å²) in [5, 5.41) is 9.44. The van der Waals surface area contributed by atoms with Gasteiger partial charge in [-0.2, -0.15) is 5.26 Å². The molecule has 0 saturated carbocycles. The molecular weight excluding hydrogens is 434 g/mol. The summed E-state index contributed by atoms with van der Waals surface area (Å²) >= 11 is 0. The van der Waals surface area contributed by atoms with Gasteiger partial charge in [-0.15, -0.1) is 0 Å². The summed E-state index contributed by atoms with van der Waals surface area (Å²) in [6.07, 6.45) is 3.41. The van der Waals surface area contributed by atoms with Crippen LogP contribution in [0.1, 0.15) is 51.3 Å². The molecule has 174 valence electrons. The SMILES string of the molecule is CC(=O)/C=C/c1ccc(O[Si](Cc2ccc(-c3ccccc3C#N)cc2)(C(C)C)C(C)C)cc1. The average molecular weight is 468 g/mol. The third-order valence-corrected chi connectivity index (χ3v) is 11.9. The zero-order valence-corrected chi connectivity index (χ0v) is 21.7. The van der Waals surface area contributed by atoms with Crippen LogP contribution in [0.3, 0.4) is 0 Å². The Balaban J connectivity index is 1.87. The lowest BCUT2D eigenvalue weighted by molar-refractivity contribution is -0.112. The van der Waals surface area contributed by atoms with Crippen molar-refractivity contribution in [3.8, 4) is 22.9 Å². The van der Waals surface area contributed by atoms with Gasteiger partial charge in [-0.3, -0.25) is 4.79 Å². The Morgan fingerprint density at radius 1 is 0.941 bits per heavy atom. The van der Waals surface area contributed by atoms with Crippen LogP contribution < -0.4 is 4.43 Å². The fourth-order valence-electron chi connectivity index (χ4n) is 4.38. The predicted molar refractivity (Wildman–Crippen MR) is 143 cm³/mol. The highest BCUT2D eigenvalue weighted by atomic mass is 28.4. The molecule has 0 N–H and O–H groups in total. The summed E-state index contributed by atoms with van der Waals surface area (Å²) in [5.74, 6) is 0.919. The molecule has 0 radical (unpaired) electrons. The molecule has 0 saturated heterocycles. The van der Waals surface area contributed by atoms with Crippen molar-refractivity contribution in [3.05, 3.63) is 95.6 Å². The number of nitriles is 1. The molecule has 4 heteroatoms. The second-order valence-corrected chi connectivity index (χ2v) is 14.2. The van der Waals surface area contributed by atoms with Gasteiger partial charge in [0.15, 0.2) is 5.78 Å². The lowest BCUT2D eigenvalue weighted by atomic mass is 10.00. The first-order chi connectivity index (χ1) is 16.2. The van der Waals surface area contributed by atoms with E-state index in [4.69, 9.17) is 4.43 Å². The van der Waals surface area contributed by atoms with Crippen LogP contribution in [0.2, 0.25) is 11.1 Å². The van der Waals surface area contributed by atoms with Gasteiger partial charge in [-0.1, -0.05) is 88.4 Å². The maximum absolute atomic E-state index is 11.2. The first kappa shape index (κ1) is 25.2. The van der Waals surface area contributed by atoms with Crippen LogP contribution >= 0.6 is 0 Å². The Labute approximate surface area is 204 Å². The van der Waals surface area contributed by atoms with Gasteiger partial charge in [0.2, 0.25) is 0 Å². The highest BCUT2D eigenvalue weighted by Crippen LogP contribution is 2.38. The molecule has 0 aliphatic rings. The molecule has 0 heterocycles. The van der Waals surface area contributed by atoms with Crippen molar-refractivity contribution in [2.24, 2.45) is 0 Å². The summed E-state index contributed by atoms with van der Waals surface area (Å²) < 4.78 is 6.87. The van der Waals surface area contributed by atoms with Gasteiger partial charge in [-0.25, -0.2) is 0 Å². The van der Waals surface area contributed by atoms with Crippen LogP contribution in [0.25, 0.3) is 17.2 Å². The van der Waals surface area contributed by atoms with Crippen molar-refractivity contribution >= 4 is 20.2 Å². The van der Waals surface area contributed by atoms with Gasteiger partial charge < -0.3 is 4.43 Å². The minimum absolute atomic E-state index is 0.0356. The molecule has 0 bridgehead atoms.